The van der Waals surface area contributed by atoms with Crippen LogP contribution in [0.3, 0.4) is 0 Å². The molecule has 1 saturated carbocycles. The topological polar surface area (TPSA) is 105 Å². The minimum atomic E-state index is -0.952. The van der Waals surface area contributed by atoms with Crippen molar-refractivity contribution in [2.75, 3.05) is 11.9 Å². The van der Waals surface area contributed by atoms with E-state index in [4.69, 9.17) is 9.84 Å². The van der Waals surface area contributed by atoms with Gasteiger partial charge in [0.15, 0.2) is 0 Å². The van der Waals surface area contributed by atoms with E-state index < -0.39 is 24.0 Å². The van der Waals surface area contributed by atoms with Crippen molar-refractivity contribution in [2.24, 2.45) is 5.92 Å². The molecule has 0 heterocycles. The SMILES string of the molecule is O=C(O)CC(NC(=O)c1ccccc1NC(=O)OCC1c2ccccc2-c2ccccc21)C1CC1. The Labute approximate surface area is 203 Å². The molecule has 0 aliphatic heterocycles. The zero-order chi connectivity index (χ0) is 24.4. The molecule has 178 valence electrons. The van der Waals surface area contributed by atoms with Crippen molar-refractivity contribution in [3.8, 4) is 11.1 Å². The Balaban J connectivity index is 1.26. The number of fused-ring (bicyclic) bond motifs is 3. The van der Waals surface area contributed by atoms with Gasteiger partial charge < -0.3 is 15.2 Å². The summed E-state index contributed by atoms with van der Waals surface area (Å²) in [7, 11) is 0. The summed E-state index contributed by atoms with van der Waals surface area (Å²) in [6.07, 6.45) is 1.02. The van der Waals surface area contributed by atoms with Crippen LogP contribution in [0.5, 0.6) is 0 Å². The first-order chi connectivity index (χ1) is 17.0. The summed E-state index contributed by atoms with van der Waals surface area (Å²) in [6.45, 7) is 0.163. The summed E-state index contributed by atoms with van der Waals surface area (Å²) >= 11 is 0. The molecule has 3 aromatic rings. The predicted octanol–water partition coefficient (Wildman–Crippen LogP) is 5.03. The lowest BCUT2D eigenvalue weighted by atomic mass is 9.98. The van der Waals surface area contributed by atoms with Gasteiger partial charge in [-0.15, -0.1) is 0 Å². The fourth-order valence-corrected chi connectivity index (χ4v) is 4.80. The van der Waals surface area contributed by atoms with Gasteiger partial charge in [-0.3, -0.25) is 14.9 Å². The maximum atomic E-state index is 12.9. The minimum Gasteiger partial charge on any atom is -0.481 e. The summed E-state index contributed by atoms with van der Waals surface area (Å²) in [5.41, 5.74) is 5.09. The highest BCUT2D eigenvalue weighted by molar-refractivity contribution is 6.03. The van der Waals surface area contributed by atoms with Crippen molar-refractivity contribution in [1.29, 1.82) is 0 Å². The molecule has 3 N–H and O–H groups in total. The van der Waals surface area contributed by atoms with Gasteiger partial charge in [0.05, 0.1) is 17.7 Å². The lowest BCUT2D eigenvalue weighted by molar-refractivity contribution is -0.137. The number of para-hydroxylation sites is 1. The van der Waals surface area contributed by atoms with Gasteiger partial charge in [-0.2, -0.15) is 0 Å². The second-order valence-corrected chi connectivity index (χ2v) is 9.01. The molecular formula is C28H26N2O5. The van der Waals surface area contributed by atoms with Crippen LogP contribution >= 0.6 is 0 Å². The number of amides is 2. The lowest BCUT2D eigenvalue weighted by Crippen LogP contribution is -2.38. The number of aliphatic carboxylic acids is 1. The fraction of sp³-hybridized carbons (Fsp3) is 0.250. The summed E-state index contributed by atoms with van der Waals surface area (Å²) in [6, 6.07) is 22.4. The van der Waals surface area contributed by atoms with E-state index in [0.29, 0.717) is 5.69 Å². The quantitative estimate of drug-likeness (QED) is 0.428. The normalized spacial score (nSPS) is 15.0. The summed E-state index contributed by atoms with van der Waals surface area (Å²) < 4.78 is 5.60. The molecule has 3 aromatic carbocycles. The molecule has 0 radical (unpaired) electrons. The molecule has 1 unspecified atom stereocenters. The van der Waals surface area contributed by atoms with E-state index in [0.717, 1.165) is 35.1 Å². The Bertz CT molecular complexity index is 1240. The van der Waals surface area contributed by atoms with Gasteiger partial charge in [0.25, 0.3) is 5.91 Å². The molecule has 7 nitrogen and oxygen atoms in total. The molecule has 2 aliphatic carbocycles. The number of nitrogens with one attached hydrogen (secondary N) is 2. The number of benzene rings is 3. The Kier molecular flexibility index (Phi) is 6.23. The molecule has 1 atom stereocenters. The molecule has 2 aliphatic rings. The first-order valence-corrected chi connectivity index (χ1v) is 11.7. The van der Waals surface area contributed by atoms with Crippen LogP contribution < -0.4 is 10.6 Å². The third kappa shape index (κ3) is 4.89. The number of hydrogen-bond donors (Lipinski definition) is 3. The fourth-order valence-electron chi connectivity index (χ4n) is 4.80. The number of hydrogen-bond acceptors (Lipinski definition) is 4. The molecule has 0 spiro atoms. The number of carbonyl (C=O) groups excluding carboxylic acids is 2. The lowest BCUT2D eigenvalue weighted by Gasteiger charge is -2.18. The van der Waals surface area contributed by atoms with Crippen LogP contribution in [-0.2, 0) is 9.53 Å². The maximum Gasteiger partial charge on any atom is 0.411 e. The zero-order valence-electron chi connectivity index (χ0n) is 19.1. The Morgan fingerprint density at radius 2 is 1.49 bits per heavy atom. The van der Waals surface area contributed by atoms with Gasteiger partial charge in [-0.1, -0.05) is 60.7 Å². The molecule has 7 heteroatoms. The van der Waals surface area contributed by atoms with Crippen molar-refractivity contribution >= 4 is 23.7 Å². The Hall–Kier alpha value is -4.13. The average molecular weight is 471 g/mol. The second kappa shape index (κ2) is 9.62. The van der Waals surface area contributed by atoms with Gasteiger partial charge in [0.1, 0.15) is 6.61 Å². The van der Waals surface area contributed by atoms with Crippen LogP contribution in [-0.4, -0.2) is 35.7 Å². The van der Waals surface area contributed by atoms with Crippen LogP contribution in [0.4, 0.5) is 10.5 Å². The van der Waals surface area contributed by atoms with Gasteiger partial charge in [0.2, 0.25) is 0 Å². The number of carboxylic acid groups (broad SMARTS) is 1. The van der Waals surface area contributed by atoms with Crippen molar-refractivity contribution in [3.05, 3.63) is 89.5 Å². The first kappa shape index (κ1) is 22.7. The smallest absolute Gasteiger partial charge is 0.411 e. The van der Waals surface area contributed by atoms with Gasteiger partial charge in [-0.25, -0.2) is 4.79 Å². The number of ether oxygens (including phenoxy) is 1. The van der Waals surface area contributed by atoms with Gasteiger partial charge in [0, 0.05) is 12.0 Å². The van der Waals surface area contributed by atoms with Crippen LogP contribution in [0, 0.1) is 5.92 Å². The Morgan fingerprint density at radius 1 is 0.886 bits per heavy atom. The van der Waals surface area contributed by atoms with Gasteiger partial charge >= 0.3 is 12.1 Å². The number of rotatable bonds is 8. The van der Waals surface area contributed by atoms with E-state index in [1.165, 1.54) is 0 Å². The van der Waals surface area contributed by atoms with E-state index >= 15 is 0 Å². The minimum absolute atomic E-state index is 0.0676. The van der Waals surface area contributed by atoms with E-state index in [1.54, 1.807) is 24.3 Å². The summed E-state index contributed by atoms with van der Waals surface area (Å²) in [4.78, 5) is 36.8. The van der Waals surface area contributed by atoms with Crippen LogP contribution in [0.2, 0.25) is 0 Å². The van der Waals surface area contributed by atoms with Crippen LogP contribution in [0.1, 0.15) is 46.7 Å². The van der Waals surface area contributed by atoms with E-state index in [1.807, 2.05) is 36.4 Å². The molecule has 0 saturated heterocycles. The number of anilines is 1. The van der Waals surface area contributed by atoms with Crippen LogP contribution in [0.25, 0.3) is 11.1 Å². The molecule has 0 bridgehead atoms. The molecule has 0 aromatic heterocycles. The third-order valence-corrected chi connectivity index (χ3v) is 6.65. The molecule has 2 amide bonds. The first-order valence-electron chi connectivity index (χ1n) is 11.7. The number of carbonyl (C=O) groups is 3. The summed E-state index contributed by atoms with van der Waals surface area (Å²) in [5.74, 6) is -1.26. The standard InChI is InChI=1S/C28H26N2O5/c31-26(32)15-25(17-13-14-17)29-27(33)22-11-5-6-12-24(22)30-28(34)35-16-23-20-9-3-1-7-18(20)19-8-2-4-10-21(19)23/h1-12,17,23,25H,13-16H2,(H,29,33)(H,30,34)(H,31,32). The van der Waals surface area contributed by atoms with Crippen molar-refractivity contribution in [1.82, 2.24) is 5.32 Å². The van der Waals surface area contributed by atoms with E-state index in [9.17, 15) is 14.4 Å². The number of carboxylic acids is 1. The zero-order valence-corrected chi connectivity index (χ0v) is 19.1. The van der Waals surface area contributed by atoms with Crippen molar-refractivity contribution in [3.63, 3.8) is 0 Å². The van der Waals surface area contributed by atoms with Crippen molar-refractivity contribution in [2.45, 2.75) is 31.2 Å². The average Bonchev–Trinajstić information content (AvgIpc) is 3.65. The molecule has 1 fully saturated rings. The van der Waals surface area contributed by atoms with E-state index in [2.05, 4.69) is 22.8 Å². The van der Waals surface area contributed by atoms with E-state index in [-0.39, 0.29) is 30.4 Å². The highest BCUT2D eigenvalue weighted by atomic mass is 16.5. The summed E-state index contributed by atoms with van der Waals surface area (Å²) in [5, 5.41) is 14.7. The largest absolute Gasteiger partial charge is 0.481 e. The predicted molar refractivity (Wildman–Crippen MR) is 131 cm³/mol. The monoisotopic (exact) mass is 470 g/mol. The van der Waals surface area contributed by atoms with Crippen molar-refractivity contribution < 1.29 is 24.2 Å². The maximum absolute atomic E-state index is 12.9. The molecular weight excluding hydrogens is 444 g/mol. The highest BCUT2D eigenvalue weighted by Crippen LogP contribution is 2.44. The molecule has 35 heavy (non-hydrogen) atoms. The highest BCUT2D eigenvalue weighted by Gasteiger charge is 2.34. The van der Waals surface area contributed by atoms with Crippen LogP contribution in [0.15, 0.2) is 72.8 Å². The van der Waals surface area contributed by atoms with Gasteiger partial charge in [-0.05, 0) is 53.1 Å². The second-order valence-electron chi connectivity index (χ2n) is 9.01. The Morgan fingerprint density at radius 3 is 2.11 bits per heavy atom. The third-order valence-electron chi connectivity index (χ3n) is 6.65. The molecule has 5 rings (SSSR count).